The average molecular weight is 408 g/mol. The van der Waals surface area contributed by atoms with Crippen LogP contribution in [0, 0.1) is 5.41 Å². The molecule has 0 N–H and O–H groups in total. The number of rotatable bonds is 8. The van der Waals surface area contributed by atoms with Crippen molar-refractivity contribution in [3.05, 3.63) is 27.2 Å². The van der Waals surface area contributed by atoms with Crippen LogP contribution in [0.4, 0.5) is 0 Å². The standard InChI is InChI=1S/C19H28N4O6/c1-6-28-13(24)9-7-8-10-23-15-14(16(25)21(5)18(23)27)22(11-20-15)12-29-17(26)19(2,3)4/h11H,6-10,12H2,1-5H3. The zero-order valence-electron chi connectivity index (χ0n) is 17.6. The molecule has 0 unspecified atom stereocenters. The first-order valence-electron chi connectivity index (χ1n) is 9.55. The molecule has 0 bridgehead atoms. The zero-order chi connectivity index (χ0) is 21.8. The van der Waals surface area contributed by atoms with Gasteiger partial charge in [-0.15, -0.1) is 0 Å². The molecule has 0 aliphatic carbocycles. The predicted molar refractivity (Wildman–Crippen MR) is 105 cm³/mol. The SMILES string of the molecule is CCOC(=O)CCCCn1c(=O)n(C)c(=O)c2c1ncn2COC(=O)C(C)(C)C. The van der Waals surface area contributed by atoms with Crippen LogP contribution in [0.3, 0.4) is 0 Å². The van der Waals surface area contributed by atoms with Gasteiger partial charge in [0.05, 0.1) is 12.0 Å². The van der Waals surface area contributed by atoms with Gasteiger partial charge in [0.1, 0.15) is 6.33 Å². The minimum Gasteiger partial charge on any atom is -0.466 e. The van der Waals surface area contributed by atoms with Crippen LogP contribution in [0.25, 0.3) is 11.2 Å². The number of unbranched alkanes of at least 4 members (excludes halogenated alkanes) is 1. The third kappa shape index (κ3) is 5.12. The molecule has 2 aromatic heterocycles. The van der Waals surface area contributed by atoms with Gasteiger partial charge in [-0.3, -0.25) is 28.1 Å². The third-order valence-electron chi connectivity index (χ3n) is 4.36. The van der Waals surface area contributed by atoms with E-state index in [9.17, 15) is 19.2 Å². The molecule has 10 nitrogen and oxygen atoms in total. The number of carbonyl (C=O) groups excluding carboxylic acids is 2. The van der Waals surface area contributed by atoms with Gasteiger partial charge in [-0.25, -0.2) is 9.78 Å². The summed E-state index contributed by atoms with van der Waals surface area (Å²) >= 11 is 0. The Morgan fingerprint density at radius 3 is 2.45 bits per heavy atom. The van der Waals surface area contributed by atoms with Crippen molar-refractivity contribution in [1.29, 1.82) is 0 Å². The van der Waals surface area contributed by atoms with Crippen molar-refractivity contribution in [3.8, 4) is 0 Å². The minimum absolute atomic E-state index is 0.178. The minimum atomic E-state index is -0.678. The molecule has 0 saturated heterocycles. The Hall–Kier alpha value is -2.91. The number of aryl methyl sites for hydroxylation is 1. The molecule has 0 spiro atoms. The van der Waals surface area contributed by atoms with Crippen molar-refractivity contribution >= 4 is 23.1 Å². The van der Waals surface area contributed by atoms with Crippen LogP contribution in [-0.4, -0.2) is 37.2 Å². The first-order valence-corrected chi connectivity index (χ1v) is 9.55. The average Bonchev–Trinajstić information content (AvgIpc) is 3.06. The van der Waals surface area contributed by atoms with Gasteiger partial charge < -0.3 is 9.47 Å². The monoisotopic (exact) mass is 408 g/mol. The highest BCUT2D eigenvalue weighted by atomic mass is 16.5. The fourth-order valence-corrected chi connectivity index (χ4v) is 2.72. The molecule has 0 fully saturated rings. The summed E-state index contributed by atoms with van der Waals surface area (Å²) in [5, 5.41) is 0. The van der Waals surface area contributed by atoms with Crippen molar-refractivity contribution in [2.24, 2.45) is 12.5 Å². The van der Waals surface area contributed by atoms with Crippen LogP contribution in [-0.2, 0) is 39.4 Å². The number of aromatic nitrogens is 4. The van der Waals surface area contributed by atoms with Gasteiger partial charge in [-0.2, -0.15) is 0 Å². The highest BCUT2D eigenvalue weighted by Crippen LogP contribution is 2.16. The molecule has 2 aromatic rings. The summed E-state index contributed by atoms with van der Waals surface area (Å²) < 4.78 is 14.0. The number of hydrogen-bond donors (Lipinski definition) is 0. The van der Waals surface area contributed by atoms with Crippen LogP contribution in [0.1, 0.15) is 47.0 Å². The van der Waals surface area contributed by atoms with Gasteiger partial charge in [0.15, 0.2) is 17.9 Å². The number of nitrogens with zero attached hydrogens (tertiary/aromatic N) is 4. The first-order chi connectivity index (χ1) is 13.6. The van der Waals surface area contributed by atoms with E-state index in [0.717, 1.165) is 4.57 Å². The molecule has 2 rings (SSSR count). The second-order valence-corrected chi connectivity index (χ2v) is 7.76. The molecule has 0 aromatic carbocycles. The molecule has 10 heteroatoms. The summed E-state index contributed by atoms with van der Waals surface area (Å²) in [6, 6.07) is 0. The van der Waals surface area contributed by atoms with Crippen molar-refractivity contribution in [1.82, 2.24) is 18.7 Å². The molecule has 160 valence electrons. The fraction of sp³-hybridized carbons (Fsp3) is 0.632. The van der Waals surface area contributed by atoms with E-state index in [1.165, 1.54) is 22.5 Å². The Labute approximate surface area is 168 Å². The number of imidazole rings is 1. The largest absolute Gasteiger partial charge is 0.466 e. The Bertz CT molecular complexity index is 1010. The summed E-state index contributed by atoms with van der Waals surface area (Å²) in [5.41, 5.74) is -1.28. The van der Waals surface area contributed by atoms with Gasteiger partial charge >= 0.3 is 17.6 Å². The Morgan fingerprint density at radius 1 is 1.14 bits per heavy atom. The van der Waals surface area contributed by atoms with E-state index in [1.54, 1.807) is 27.7 Å². The number of ether oxygens (including phenoxy) is 2. The molecule has 0 amide bonds. The lowest BCUT2D eigenvalue weighted by Crippen LogP contribution is -2.39. The zero-order valence-corrected chi connectivity index (χ0v) is 17.6. The predicted octanol–water partition coefficient (Wildman–Crippen LogP) is 1.18. The third-order valence-corrected chi connectivity index (χ3v) is 4.36. The Balaban J connectivity index is 2.25. The summed E-state index contributed by atoms with van der Waals surface area (Å²) in [6.45, 7) is 7.38. The molecular formula is C19H28N4O6. The quantitative estimate of drug-likeness (QED) is 0.476. The van der Waals surface area contributed by atoms with E-state index in [1.807, 2.05) is 0 Å². The summed E-state index contributed by atoms with van der Waals surface area (Å²) in [5.74, 6) is -0.696. The summed E-state index contributed by atoms with van der Waals surface area (Å²) in [6.07, 6.45) is 2.71. The van der Waals surface area contributed by atoms with E-state index in [-0.39, 0.29) is 30.3 Å². The highest BCUT2D eigenvalue weighted by molar-refractivity contribution is 5.75. The molecule has 29 heavy (non-hydrogen) atoms. The second kappa shape index (κ2) is 9.06. The van der Waals surface area contributed by atoms with Crippen molar-refractivity contribution in [3.63, 3.8) is 0 Å². The van der Waals surface area contributed by atoms with E-state index >= 15 is 0 Å². The highest BCUT2D eigenvalue weighted by Gasteiger charge is 2.24. The molecule has 0 atom stereocenters. The molecule has 0 radical (unpaired) electrons. The maximum Gasteiger partial charge on any atom is 0.332 e. The smallest absolute Gasteiger partial charge is 0.332 e. The lowest BCUT2D eigenvalue weighted by molar-refractivity contribution is -0.156. The lowest BCUT2D eigenvalue weighted by atomic mass is 9.98. The van der Waals surface area contributed by atoms with Crippen LogP contribution in [0.2, 0.25) is 0 Å². The topological polar surface area (TPSA) is 114 Å². The second-order valence-electron chi connectivity index (χ2n) is 7.76. The normalized spacial score (nSPS) is 11.6. The Kier molecular flexibility index (Phi) is 6.99. The van der Waals surface area contributed by atoms with Crippen molar-refractivity contribution < 1.29 is 19.1 Å². The van der Waals surface area contributed by atoms with Crippen LogP contribution >= 0.6 is 0 Å². The lowest BCUT2D eigenvalue weighted by Gasteiger charge is -2.17. The molecule has 0 aliphatic heterocycles. The van der Waals surface area contributed by atoms with E-state index in [0.29, 0.717) is 26.0 Å². The van der Waals surface area contributed by atoms with Crippen molar-refractivity contribution in [2.45, 2.75) is 60.2 Å². The molecule has 2 heterocycles. The molecular weight excluding hydrogens is 380 g/mol. The number of esters is 2. The van der Waals surface area contributed by atoms with Crippen molar-refractivity contribution in [2.75, 3.05) is 6.61 Å². The van der Waals surface area contributed by atoms with Gasteiger partial charge in [0.25, 0.3) is 5.56 Å². The maximum absolute atomic E-state index is 12.6. The van der Waals surface area contributed by atoms with Gasteiger partial charge in [0.2, 0.25) is 0 Å². The van der Waals surface area contributed by atoms with Crippen LogP contribution in [0.15, 0.2) is 15.9 Å². The fourth-order valence-electron chi connectivity index (χ4n) is 2.72. The summed E-state index contributed by atoms with van der Waals surface area (Å²) in [7, 11) is 1.39. The van der Waals surface area contributed by atoms with E-state index in [4.69, 9.17) is 9.47 Å². The van der Waals surface area contributed by atoms with Gasteiger partial charge in [-0.1, -0.05) is 0 Å². The first kappa shape index (κ1) is 22.4. The van der Waals surface area contributed by atoms with E-state index < -0.39 is 22.6 Å². The van der Waals surface area contributed by atoms with Crippen LogP contribution in [0.5, 0.6) is 0 Å². The Morgan fingerprint density at radius 2 is 1.83 bits per heavy atom. The number of hydrogen-bond acceptors (Lipinski definition) is 7. The van der Waals surface area contributed by atoms with E-state index in [2.05, 4.69) is 4.98 Å². The van der Waals surface area contributed by atoms with Gasteiger partial charge in [0, 0.05) is 20.0 Å². The maximum atomic E-state index is 12.6. The van der Waals surface area contributed by atoms with Gasteiger partial charge in [-0.05, 0) is 40.5 Å². The number of fused-ring (bicyclic) bond motifs is 1. The molecule has 0 aliphatic rings. The number of carbonyl (C=O) groups is 2. The van der Waals surface area contributed by atoms with Crippen LogP contribution < -0.4 is 11.2 Å². The summed E-state index contributed by atoms with van der Waals surface area (Å²) in [4.78, 5) is 52.8. The molecule has 0 saturated carbocycles.